The number of ether oxygens (including phenoxy) is 5. The molecule has 0 spiro atoms. The van der Waals surface area contributed by atoms with Crippen molar-refractivity contribution in [3.63, 3.8) is 0 Å². The third kappa shape index (κ3) is 18.3. The molecule has 0 atom stereocenters. The highest BCUT2D eigenvalue weighted by Gasteiger charge is 2.29. The predicted octanol–water partition coefficient (Wildman–Crippen LogP) is 5.26. The van der Waals surface area contributed by atoms with Gasteiger partial charge in [0.05, 0.1) is 43.9 Å². The third-order valence-corrected chi connectivity index (χ3v) is 8.59. The summed E-state index contributed by atoms with van der Waals surface area (Å²) in [6, 6.07) is 14.0. The number of methoxy groups -OCH3 is 4. The van der Waals surface area contributed by atoms with Crippen LogP contribution in [0.25, 0.3) is 0 Å². The predicted molar refractivity (Wildman–Crippen MR) is 250 cm³/mol. The van der Waals surface area contributed by atoms with E-state index in [2.05, 4.69) is 36.6 Å². The number of carbonyl (C=O) groups excluding carboxylic acids is 2. The highest BCUT2D eigenvalue weighted by Crippen LogP contribution is 2.42. The Balaban J connectivity index is 0.000000817. The molecular weight excluding hydrogens is 932 g/mol. The summed E-state index contributed by atoms with van der Waals surface area (Å²) in [7, 11) is 38.3. The molecule has 15 nitrogen and oxygen atoms in total. The number of hydrogen-bond donors (Lipinski definition) is 2. The number of phenolic OH excluding ortho intramolecular Hbond substituents is 1. The van der Waals surface area contributed by atoms with Gasteiger partial charge in [-0.2, -0.15) is 9.40 Å². The molecule has 0 heterocycles. The van der Waals surface area contributed by atoms with Gasteiger partial charge in [-0.15, -0.1) is 0 Å². The molecule has 27 heteroatoms. The summed E-state index contributed by atoms with van der Waals surface area (Å²) in [4.78, 5) is 41.6. The van der Waals surface area contributed by atoms with Gasteiger partial charge in [0.15, 0.2) is 41.3 Å². The zero-order chi connectivity index (χ0) is 48.1. The fourth-order valence-electron chi connectivity index (χ4n) is 4.02. The van der Waals surface area contributed by atoms with Gasteiger partial charge in [0.1, 0.15) is 0 Å². The lowest BCUT2D eigenvalue weighted by Gasteiger charge is -2.37. The van der Waals surface area contributed by atoms with Gasteiger partial charge in [-0.3, -0.25) is 29.8 Å². The number of halogens is 3. The second-order valence-electron chi connectivity index (χ2n) is 12.9. The zero-order valence-corrected chi connectivity index (χ0v) is 37.7. The molecule has 13 radical (unpaired) electrons. The van der Waals surface area contributed by atoms with Crippen LogP contribution in [0.4, 0.5) is 15.8 Å². The van der Waals surface area contributed by atoms with Gasteiger partial charge in [-0.05, 0) is 101 Å². The van der Waals surface area contributed by atoms with Crippen LogP contribution in [0.15, 0.2) is 69.6 Å². The Hall–Kier alpha value is -4.75. The van der Waals surface area contributed by atoms with Crippen LogP contribution in [0.5, 0.6) is 40.2 Å². The number of nitrogens with zero attached hydrogens (tertiary/aromatic N) is 2. The molecule has 311 valence electrons. The first-order chi connectivity index (χ1) is 28.8. The van der Waals surface area contributed by atoms with Crippen LogP contribution in [0.2, 0.25) is 5.01 Å². The van der Waals surface area contributed by atoms with Crippen molar-refractivity contribution in [2.45, 2.75) is 31.4 Å². The van der Waals surface area contributed by atoms with E-state index in [1.54, 1.807) is 39.0 Å². The minimum absolute atomic E-state index is 0.0215. The van der Waals surface area contributed by atoms with Crippen LogP contribution in [0.1, 0.15) is 41.5 Å². The molecule has 0 fully saturated rings. The van der Waals surface area contributed by atoms with Crippen LogP contribution in [-0.2, 0) is 0 Å². The number of nitro benzene ring substituents is 2. The molecule has 62 heavy (non-hydrogen) atoms. The Kier molecular flexibility index (Phi) is 25.2. The molecule has 0 saturated heterocycles. The van der Waals surface area contributed by atoms with Crippen molar-refractivity contribution >= 4 is 122 Å². The maximum absolute atomic E-state index is 12.8. The summed E-state index contributed by atoms with van der Waals surface area (Å²) >= 11 is 6.39. The molecule has 0 aliphatic heterocycles. The first-order valence-corrected chi connectivity index (χ1v) is 18.8. The fourth-order valence-corrected chi connectivity index (χ4v) is 4.86. The number of para-hydroxylation sites is 2. The average molecular weight is 968 g/mol. The lowest BCUT2D eigenvalue weighted by Crippen LogP contribution is -2.52. The highest BCUT2D eigenvalue weighted by molar-refractivity contribution is 9.10. The number of rotatable bonds is 13. The van der Waals surface area contributed by atoms with Gasteiger partial charge < -0.3 is 33.9 Å². The second kappa shape index (κ2) is 27.3. The van der Waals surface area contributed by atoms with E-state index in [-0.39, 0.29) is 34.4 Å². The minimum Gasteiger partial charge on any atom is -0.504 e. The molecule has 0 amide bonds. The van der Waals surface area contributed by atoms with Crippen LogP contribution < -0.4 is 23.7 Å². The average Bonchev–Trinajstić information content (AvgIpc) is 3.20. The molecule has 0 unspecified atom stereocenters. The van der Waals surface area contributed by atoms with Gasteiger partial charge in [0, 0.05) is 86.8 Å². The molecular formula is C35H35B9Br2FN2O13. The Morgan fingerprint density at radius 3 is 1.45 bits per heavy atom. The second-order valence-corrected chi connectivity index (χ2v) is 14.6. The van der Waals surface area contributed by atoms with Crippen LogP contribution in [0, 0.1) is 26.0 Å². The molecule has 4 aromatic carbocycles. The molecule has 0 saturated carbocycles. The number of phenols is 1. The standard InChI is InChI=1S/C15H12BrNO6.C8H7BrO3.C7H6FNO3.C4H10O.CB9/c1-21-11-4-3-5-12(15(11)17(19)20)23-14-6-9(8-18)10(16)7-13(14)22-2;1-12-8-3-6(9)5(4-10)2-7(8)11;1-12-6-4-2-3-5(8)7(6)9(10)11;1-4(2,3)5;2-1(8-3,9(4)5)10(6)7/h3-8H,1-2H3;2-4,11H,1H3;2-4H,1H3;5H,1-3H3;. The van der Waals surface area contributed by atoms with E-state index in [0.717, 1.165) is 13.2 Å². The largest absolute Gasteiger partial charge is 0.504 e. The van der Waals surface area contributed by atoms with Gasteiger partial charge in [-0.25, -0.2) is 0 Å². The summed E-state index contributed by atoms with van der Waals surface area (Å²) in [5.74, 6) is -0.116. The number of carbonyl (C=O) groups is 2. The van der Waals surface area contributed by atoms with Crippen molar-refractivity contribution in [3.8, 4) is 40.2 Å². The monoisotopic (exact) mass is 967 g/mol. The SMILES string of the molecule is CC(C)(C)O.COc1cc(Br)c(C=O)cc1O.COc1cc(Br)c(C=O)cc1Oc1cccc(OC)c1[N+](=O)[O-].COc1cccc(F)c1[N+](=O)[O-].[B][B]C([B])(B([B])[B])B([B])[B]. The Morgan fingerprint density at radius 2 is 1.10 bits per heavy atom. The van der Waals surface area contributed by atoms with Crippen molar-refractivity contribution in [1.29, 1.82) is 0 Å². The Morgan fingerprint density at radius 1 is 0.710 bits per heavy atom. The molecule has 4 aromatic rings. The number of hydrogen-bond acceptors (Lipinski definition) is 13. The van der Waals surface area contributed by atoms with Gasteiger partial charge in [-0.1, -0.05) is 12.1 Å². The summed E-state index contributed by atoms with van der Waals surface area (Å²) in [6.07, 6.45) is 1.29. The Bertz CT molecular complexity index is 2110. The van der Waals surface area contributed by atoms with E-state index in [1.807, 2.05) is 0 Å². The first kappa shape index (κ1) is 57.3. The summed E-state index contributed by atoms with van der Waals surface area (Å²) in [5.41, 5.74) is -0.715. The van der Waals surface area contributed by atoms with E-state index in [1.165, 1.54) is 64.8 Å². The topological polar surface area (TPSA) is 207 Å². The van der Waals surface area contributed by atoms with Crippen molar-refractivity contribution in [2.75, 3.05) is 28.4 Å². The van der Waals surface area contributed by atoms with Crippen LogP contribution in [0.3, 0.4) is 0 Å². The number of nitro groups is 2. The van der Waals surface area contributed by atoms with E-state index in [4.69, 9.17) is 70.6 Å². The van der Waals surface area contributed by atoms with Crippen molar-refractivity contribution in [1.82, 2.24) is 0 Å². The number of benzene rings is 4. The van der Waals surface area contributed by atoms with E-state index < -0.39 is 45.0 Å². The van der Waals surface area contributed by atoms with E-state index in [0.29, 0.717) is 44.1 Å². The lowest BCUT2D eigenvalue weighted by molar-refractivity contribution is -0.388. The highest BCUT2D eigenvalue weighted by atomic mass is 79.9. The minimum atomic E-state index is -1.19. The molecule has 0 aromatic heterocycles. The zero-order valence-electron chi connectivity index (χ0n) is 34.5. The van der Waals surface area contributed by atoms with Gasteiger partial charge >= 0.3 is 11.4 Å². The number of aromatic hydroxyl groups is 1. The van der Waals surface area contributed by atoms with Gasteiger partial charge in [0.2, 0.25) is 17.3 Å². The third-order valence-electron chi connectivity index (χ3n) is 7.22. The van der Waals surface area contributed by atoms with Crippen molar-refractivity contribution in [2.24, 2.45) is 0 Å². The van der Waals surface area contributed by atoms with Crippen LogP contribution >= 0.6 is 31.9 Å². The maximum atomic E-state index is 12.8. The number of aliphatic hydroxyl groups is 1. The summed E-state index contributed by atoms with van der Waals surface area (Å²) in [5, 5.41) is 38.1. The fraction of sp³-hybridized carbons (Fsp3) is 0.257. The van der Waals surface area contributed by atoms with E-state index >= 15 is 0 Å². The molecule has 0 aliphatic rings. The summed E-state index contributed by atoms with van der Waals surface area (Å²) in [6.45, 7) is 3.53. The van der Waals surface area contributed by atoms with E-state index in [9.17, 15) is 39.3 Å². The van der Waals surface area contributed by atoms with Gasteiger partial charge in [0.25, 0.3) is 0 Å². The van der Waals surface area contributed by atoms with Crippen LogP contribution in [-0.4, -0.2) is 133 Å². The number of aldehydes is 2. The molecule has 4 rings (SSSR count). The molecule has 0 aliphatic carbocycles. The van der Waals surface area contributed by atoms with Crippen molar-refractivity contribution in [3.05, 3.63) is 107 Å². The first-order valence-electron chi connectivity index (χ1n) is 17.2. The maximum Gasteiger partial charge on any atom is 0.352 e. The Labute approximate surface area is 385 Å². The normalized spacial score (nSPS) is 10.0. The summed E-state index contributed by atoms with van der Waals surface area (Å²) < 4.78 is 39.1. The lowest BCUT2D eigenvalue weighted by atomic mass is 8.82. The quantitative estimate of drug-likeness (QED) is 0.0760. The molecule has 0 bridgehead atoms. The van der Waals surface area contributed by atoms with Crippen molar-refractivity contribution < 1.29 is 57.7 Å². The smallest absolute Gasteiger partial charge is 0.352 e. The molecule has 2 N–H and O–H groups in total.